The molecule has 0 atom stereocenters. The van der Waals surface area contributed by atoms with Gasteiger partial charge in [0.05, 0.1) is 26.6 Å². The predicted octanol–water partition coefficient (Wildman–Crippen LogP) is 5.49. The molecule has 4 nitrogen and oxygen atoms in total. The Balaban J connectivity index is 2.06. The topological polar surface area (TPSA) is 46.9 Å². The van der Waals surface area contributed by atoms with E-state index in [1.807, 2.05) is 49.6 Å². The number of nitrogens with zero attached hydrogens (tertiary/aromatic N) is 2. The first-order valence-corrected chi connectivity index (χ1v) is 8.38. The number of amides is 1. The van der Waals surface area contributed by atoms with Crippen LogP contribution >= 0.6 is 23.2 Å². The zero-order valence-corrected chi connectivity index (χ0v) is 15.4. The van der Waals surface area contributed by atoms with Crippen molar-refractivity contribution in [1.29, 1.82) is 0 Å². The third-order valence-electron chi connectivity index (χ3n) is 3.71. The van der Waals surface area contributed by atoms with Gasteiger partial charge in [-0.05, 0) is 45.0 Å². The van der Waals surface area contributed by atoms with Crippen LogP contribution in [0.25, 0.3) is 11.0 Å². The SMILES string of the molecule is CC(C)(C)n1c(NC(=O)c2cc(F)c(Cl)cc2Cl)nc2ccccc21. The lowest BCUT2D eigenvalue weighted by Crippen LogP contribution is -2.26. The van der Waals surface area contributed by atoms with Gasteiger partial charge >= 0.3 is 0 Å². The van der Waals surface area contributed by atoms with Gasteiger partial charge < -0.3 is 4.57 Å². The maximum Gasteiger partial charge on any atom is 0.259 e. The van der Waals surface area contributed by atoms with Gasteiger partial charge in [0.25, 0.3) is 5.91 Å². The van der Waals surface area contributed by atoms with Crippen molar-refractivity contribution in [2.24, 2.45) is 0 Å². The molecular formula is C18H16Cl2FN3O. The van der Waals surface area contributed by atoms with E-state index in [1.165, 1.54) is 6.07 Å². The lowest BCUT2D eigenvalue weighted by atomic mass is 10.1. The zero-order chi connectivity index (χ0) is 18.4. The third kappa shape index (κ3) is 3.34. The van der Waals surface area contributed by atoms with Crippen molar-refractivity contribution < 1.29 is 9.18 Å². The van der Waals surface area contributed by atoms with Gasteiger partial charge in [-0.2, -0.15) is 0 Å². The van der Waals surface area contributed by atoms with Gasteiger partial charge in [0.1, 0.15) is 5.82 Å². The molecule has 0 fully saturated rings. The molecule has 0 aliphatic carbocycles. The van der Waals surface area contributed by atoms with E-state index in [4.69, 9.17) is 23.2 Å². The van der Waals surface area contributed by atoms with Crippen molar-refractivity contribution in [3.63, 3.8) is 0 Å². The van der Waals surface area contributed by atoms with Crippen LogP contribution in [0, 0.1) is 5.82 Å². The number of rotatable bonds is 2. The molecule has 0 radical (unpaired) electrons. The third-order valence-corrected chi connectivity index (χ3v) is 4.31. The minimum Gasteiger partial charge on any atom is -0.305 e. The van der Waals surface area contributed by atoms with Crippen LogP contribution in [-0.2, 0) is 5.54 Å². The van der Waals surface area contributed by atoms with Crippen LogP contribution in [-0.4, -0.2) is 15.5 Å². The quantitative estimate of drug-likeness (QED) is 0.598. The molecular weight excluding hydrogens is 364 g/mol. The molecule has 0 bridgehead atoms. The number of hydrogen-bond acceptors (Lipinski definition) is 2. The zero-order valence-electron chi connectivity index (χ0n) is 13.9. The van der Waals surface area contributed by atoms with E-state index >= 15 is 0 Å². The Bertz CT molecular complexity index is 976. The Morgan fingerprint density at radius 2 is 1.84 bits per heavy atom. The lowest BCUT2D eigenvalue weighted by Gasteiger charge is -2.24. The highest BCUT2D eigenvalue weighted by molar-refractivity contribution is 6.37. The lowest BCUT2D eigenvalue weighted by molar-refractivity contribution is 0.102. The Morgan fingerprint density at radius 3 is 2.52 bits per heavy atom. The number of hydrogen-bond donors (Lipinski definition) is 1. The Kier molecular flexibility index (Phi) is 4.47. The maximum atomic E-state index is 13.7. The predicted molar refractivity (Wildman–Crippen MR) is 99.1 cm³/mol. The number of carbonyl (C=O) groups excluding carboxylic acids is 1. The van der Waals surface area contributed by atoms with Crippen molar-refractivity contribution in [1.82, 2.24) is 9.55 Å². The molecule has 2 aromatic carbocycles. The first-order chi connectivity index (χ1) is 11.7. The molecule has 0 unspecified atom stereocenters. The summed E-state index contributed by atoms with van der Waals surface area (Å²) in [6.07, 6.45) is 0. The van der Waals surface area contributed by atoms with Gasteiger partial charge in [-0.25, -0.2) is 9.37 Å². The van der Waals surface area contributed by atoms with Crippen LogP contribution in [0.3, 0.4) is 0 Å². The largest absolute Gasteiger partial charge is 0.305 e. The van der Waals surface area contributed by atoms with Gasteiger partial charge in [0.15, 0.2) is 0 Å². The normalized spacial score (nSPS) is 11.8. The Hall–Kier alpha value is -2.11. The summed E-state index contributed by atoms with van der Waals surface area (Å²) in [5.41, 5.74) is 1.31. The molecule has 0 aliphatic rings. The van der Waals surface area contributed by atoms with E-state index in [9.17, 15) is 9.18 Å². The summed E-state index contributed by atoms with van der Waals surface area (Å²) >= 11 is 11.7. The van der Waals surface area contributed by atoms with Crippen LogP contribution in [0.15, 0.2) is 36.4 Å². The van der Waals surface area contributed by atoms with Crippen LogP contribution in [0.1, 0.15) is 31.1 Å². The fourth-order valence-corrected chi connectivity index (χ4v) is 3.12. The number of halogens is 3. The smallest absolute Gasteiger partial charge is 0.259 e. The van der Waals surface area contributed by atoms with Gasteiger partial charge in [0.2, 0.25) is 5.95 Å². The van der Waals surface area contributed by atoms with Crippen molar-refractivity contribution in [3.8, 4) is 0 Å². The van der Waals surface area contributed by atoms with E-state index in [1.54, 1.807) is 0 Å². The monoisotopic (exact) mass is 379 g/mol. The molecule has 1 amide bonds. The molecule has 1 aromatic heterocycles. The molecule has 0 saturated carbocycles. The van der Waals surface area contributed by atoms with Crippen LogP contribution in [0.5, 0.6) is 0 Å². The van der Waals surface area contributed by atoms with Gasteiger partial charge in [-0.3, -0.25) is 10.1 Å². The molecule has 0 aliphatic heterocycles. The molecule has 1 heterocycles. The minimum absolute atomic E-state index is 0.00363. The molecule has 0 spiro atoms. The fraction of sp³-hybridized carbons (Fsp3) is 0.222. The van der Waals surface area contributed by atoms with Crippen molar-refractivity contribution in [3.05, 3.63) is 57.8 Å². The van der Waals surface area contributed by atoms with Crippen molar-refractivity contribution in [2.45, 2.75) is 26.3 Å². The second-order valence-electron chi connectivity index (χ2n) is 6.63. The first-order valence-electron chi connectivity index (χ1n) is 7.62. The fourth-order valence-electron chi connectivity index (χ4n) is 2.65. The second kappa shape index (κ2) is 6.32. The highest BCUT2D eigenvalue weighted by atomic mass is 35.5. The van der Waals surface area contributed by atoms with Gasteiger partial charge in [-0.15, -0.1) is 0 Å². The summed E-state index contributed by atoms with van der Waals surface area (Å²) in [6, 6.07) is 9.80. The number of fused-ring (bicyclic) bond motifs is 1. The van der Waals surface area contributed by atoms with Gasteiger partial charge in [0, 0.05) is 5.54 Å². The standard InChI is InChI=1S/C18H16Cl2FN3O/c1-18(2,3)24-15-7-5-4-6-14(15)22-17(24)23-16(25)10-8-13(21)12(20)9-11(10)19/h4-9H,1-3H3,(H,22,23,25). The van der Waals surface area contributed by atoms with Crippen molar-refractivity contribution in [2.75, 3.05) is 5.32 Å². The Labute approximate surface area is 154 Å². The van der Waals surface area contributed by atoms with E-state index in [0.717, 1.165) is 17.1 Å². The number of nitrogens with one attached hydrogen (secondary N) is 1. The number of para-hydroxylation sites is 2. The highest BCUT2D eigenvalue weighted by Gasteiger charge is 2.24. The van der Waals surface area contributed by atoms with Gasteiger partial charge in [-0.1, -0.05) is 35.3 Å². The number of carbonyl (C=O) groups is 1. The molecule has 3 aromatic rings. The number of aromatic nitrogens is 2. The van der Waals surface area contributed by atoms with E-state index in [-0.39, 0.29) is 21.1 Å². The summed E-state index contributed by atoms with van der Waals surface area (Å²) in [5, 5.41) is 2.66. The number of imidazole rings is 1. The van der Waals surface area contributed by atoms with E-state index < -0.39 is 11.7 Å². The van der Waals surface area contributed by atoms with Crippen LogP contribution in [0.2, 0.25) is 10.0 Å². The van der Waals surface area contributed by atoms with E-state index in [2.05, 4.69) is 10.3 Å². The number of anilines is 1. The molecule has 0 saturated heterocycles. The van der Waals surface area contributed by atoms with Crippen LogP contribution in [0.4, 0.5) is 10.3 Å². The first kappa shape index (κ1) is 17.7. The molecule has 1 N–H and O–H groups in total. The van der Waals surface area contributed by atoms with E-state index in [0.29, 0.717) is 5.95 Å². The Morgan fingerprint density at radius 1 is 1.16 bits per heavy atom. The summed E-state index contributed by atoms with van der Waals surface area (Å²) in [5.74, 6) is -0.896. The average Bonchev–Trinajstić information content (AvgIpc) is 2.88. The minimum atomic E-state index is -0.708. The maximum absolute atomic E-state index is 13.7. The molecule has 7 heteroatoms. The van der Waals surface area contributed by atoms with Crippen molar-refractivity contribution >= 4 is 46.1 Å². The summed E-state index contributed by atoms with van der Waals surface area (Å²) in [4.78, 5) is 17.1. The summed E-state index contributed by atoms with van der Waals surface area (Å²) in [6.45, 7) is 6.02. The summed E-state index contributed by atoms with van der Waals surface area (Å²) < 4.78 is 15.6. The van der Waals surface area contributed by atoms with Crippen LogP contribution < -0.4 is 5.32 Å². The molecule has 25 heavy (non-hydrogen) atoms. The highest BCUT2D eigenvalue weighted by Crippen LogP contribution is 2.29. The summed E-state index contributed by atoms with van der Waals surface area (Å²) in [7, 11) is 0. The number of benzene rings is 2. The average molecular weight is 380 g/mol. The second-order valence-corrected chi connectivity index (χ2v) is 7.45. The molecule has 130 valence electrons. The molecule has 3 rings (SSSR count).